The Morgan fingerprint density at radius 3 is 2.62 bits per heavy atom. The Hall–Kier alpha value is -1.20. The molecular formula is C18H19IN2. The molecule has 3 heteroatoms. The first kappa shape index (κ1) is 14.7. The molecule has 1 aliphatic heterocycles. The van der Waals surface area contributed by atoms with E-state index in [0.29, 0.717) is 0 Å². The largest absolute Gasteiger partial charge is 0.295 e. The third-order valence-electron chi connectivity index (χ3n) is 3.89. The van der Waals surface area contributed by atoms with E-state index in [0.717, 1.165) is 37.4 Å². The van der Waals surface area contributed by atoms with Crippen LogP contribution in [-0.2, 0) is 6.54 Å². The van der Waals surface area contributed by atoms with Crippen molar-refractivity contribution in [2.45, 2.75) is 19.9 Å². The molecule has 0 saturated carbocycles. The molecule has 0 unspecified atom stereocenters. The van der Waals surface area contributed by atoms with Crippen molar-refractivity contribution in [2.24, 2.45) is 0 Å². The maximum Gasteiger partial charge on any atom is 0.0663 e. The summed E-state index contributed by atoms with van der Waals surface area (Å²) in [4.78, 5) is 7.20. The Balaban J connectivity index is 1.67. The van der Waals surface area contributed by atoms with Crippen LogP contribution >= 0.6 is 22.6 Å². The van der Waals surface area contributed by atoms with Gasteiger partial charge in [0.25, 0.3) is 0 Å². The van der Waals surface area contributed by atoms with E-state index in [2.05, 4.69) is 83.0 Å². The summed E-state index contributed by atoms with van der Waals surface area (Å²) in [5.41, 5.74) is 5.05. The zero-order valence-electron chi connectivity index (χ0n) is 12.2. The Kier molecular flexibility index (Phi) is 4.70. The van der Waals surface area contributed by atoms with Gasteiger partial charge in [-0.2, -0.15) is 0 Å². The highest BCUT2D eigenvalue weighted by atomic mass is 127. The van der Waals surface area contributed by atoms with Gasteiger partial charge in [-0.1, -0.05) is 36.4 Å². The van der Waals surface area contributed by atoms with E-state index in [9.17, 15) is 0 Å². The van der Waals surface area contributed by atoms with Gasteiger partial charge in [0, 0.05) is 23.2 Å². The average Bonchev–Trinajstić information content (AvgIpc) is 2.52. The number of hydrogen-bond acceptors (Lipinski definition) is 2. The van der Waals surface area contributed by atoms with Gasteiger partial charge in [-0.15, -0.1) is 0 Å². The van der Waals surface area contributed by atoms with E-state index in [4.69, 9.17) is 4.98 Å². The lowest BCUT2D eigenvalue weighted by Crippen LogP contribution is -2.28. The number of hydrogen-bond donors (Lipinski definition) is 0. The molecule has 1 aliphatic rings. The van der Waals surface area contributed by atoms with E-state index in [1.54, 1.807) is 0 Å². The van der Waals surface area contributed by atoms with E-state index in [-0.39, 0.29) is 0 Å². The Morgan fingerprint density at radius 1 is 1.14 bits per heavy atom. The number of rotatable bonds is 3. The molecule has 0 atom stereocenters. The summed E-state index contributed by atoms with van der Waals surface area (Å²) in [5.74, 6) is 0. The number of pyridine rings is 1. The molecule has 108 valence electrons. The smallest absolute Gasteiger partial charge is 0.0663 e. The summed E-state index contributed by atoms with van der Waals surface area (Å²) in [5, 5.41) is 0. The van der Waals surface area contributed by atoms with E-state index >= 15 is 0 Å². The van der Waals surface area contributed by atoms with Crippen LogP contribution in [0.4, 0.5) is 0 Å². The topological polar surface area (TPSA) is 16.1 Å². The van der Waals surface area contributed by atoms with Gasteiger partial charge in [0.1, 0.15) is 0 Å². The number of benzene rings is 1. The molecule has 1 aromatic carbocycles. The second kappa shape index (κ2) is 6.71. The molecule has 2 nitrogen and oxygen atoms in total. The maximum atomic E-state index is 4.71. The van der Waals surface area contributed by atoms with E-state index in [1.165, 1.54) is 14.7 Å². The number of aryl methyl sites for hydroxylation is 1. The normalized spacial score (nSPS) is 15.8. The van der Waals surface area contributed by atoms with Crippen LogP contribution in [0.5, 0.6) is 0 Å². The number of aromatic nitrogens is 1. The SMILES string of the molecule is Cc1nc(C2=CCN(Cc3ccccc3)CC2)ccc1I. The summed E-state index contributed by atoms with van der Waals surface area (Å²) in [6, 6.07) is 15.0. The second-order valence-corrected chi connectivity index (χ2v) is 6.63. The third kappa shape index (κ3) is 3.71. The third-order valence-corrected chi connectivity index (χ3v) is 5.03. The monoisotopic (exact) mass is 390 g/mol. The van der Waals surface area contributed by atoms with Gasteiger partial charge in [-0.25, -0.2) is 0 Å². The fraction of sp³-hybridized carbons (Fsp3) is 0.278. The van der Waals surface area contributed by atoms with Crippen LogP contribution in [0.25, 0.3) is 5.57 Å². The van der Waals surface area contributed by atoms with Crippen molar-refractivity contribution in [3.8, 4) is 0 Å². The van der Waals surface area contributed by atoms with Crippen molar-refractivity contribution in [2.75, 3.05) is 13.1 Å². The highest BCUT2D eigenvalue weighted by Gasteiger charge is 2.14. The Labute approximate surface area is 140 Å². The van der Waals surface area contributed by atoms with Gasteiger partial charge in [0.15, 0.2) is 0 Å². The molecule has 0 spiro atoms. The summed E-state index contributed by atoms with van der Waals surface area (Å²) in [6.45, 7) is 5.23. The lowest BCUT2D eigenvalue weighted by molar-refractivity contribution is 0.294. The average molecular weight is 390 g/mol. The fourth-order valence-corrected chi connectivity index (χ4v) is 2.95. The molecule has 21 heavy (non-hydrogen) atoms. The highest BCUT2D eigenvalue weighted by molar-refractivity contribution is 14.1. The minimum Gasteiger partial charge on any atom is -0.295 e. The van der Waals surface area contributed by atoms with E-state index < -0.39 is 0 Å². The summed E-state index contributed by atoms with van der Waals surface area (Å²) in [7, 11) is 0. The van der Waals surface area contributed by atoms with Gasteiger partial charge < -0.3 is 0 Å². The zero-order valence-corrected chi connectivity index (χ0v) is 14.4. The predicted octanol–water partition coefficient (Wildman–Crippen LogP) is 4.28. The van der Waals surface area contributed by atoms with Crippen LogP contribution in [0.1, 0.15) is 23.4 Å². The number of halogens is 1. The molecule has 2 aromatic rings. The fourth-order valence-electron chi connectivity index (χ4n) is 2.65. The van der Waals surface area contributed by atoms with Gasteiger partial charge in [0.05, 0.1) is 11.4 Å². The van der Waals surface area contributed by atoms with Crippen LogP contribution in [0, 0.1) is 10.5 Å². The van der Waals surface area contributed by atoms with Gasteiger partial charge in [-0.3, -0.25) is 9.88 Å². The standard InChI is InChI=1S/C18H19IN2/c1-14-17(19)7-8-18(20-14)16-9-11-21(12-10-16)13-15-5-3-2-4-6-15/h2-9H,10-13H2,1H3. The first-order valence-corrected chi connectivity index (χ1v) is 8.39. The molecule has 2 heterocycles. The van der Waals surface area contributed by atoms with Crippen LogP contribution < -0.4 is 0 Å². The van der Waals surface area contributed by atoms with Crippen LogP contribution in [0.15, 0.2) is 48.5 Å². The summed E-state index contributed by atoms with van der Waals surface area (Å²) < 4.78 is 1.23. The first-order chi connectivity index (χ1) is 10.2. The summed E-state index contributed by atoms with van der Waals surface area (Å²) in [6.07, 6.45) is 3.42. The molecule has 0 N–H and O–H groups in total. The molecule has 0 radical (unpaired) electrons. The van der Waals surface area contributed by atoms with Crippen molar-refractivity contribution in [3.05, 3.63) is 69.1 Å². The maximum absolute atomic E-state index is 4.71. The van der Waals surface area contributed by atoms with Crippen LogP contribution in [-0.4, -0.2) is 23.0 Å². The molecular weight excluding hydrogens is 371 g/mol. The first-order valence-electron chi connectivity index (χ1n) is 7.31. The summed E-state index contributed by atoms with van der Waals surface area (Å²) >= 11 is 2.34. The minimum atomic E-state index is 1.01. The van der Waals surface area contributed by atoms with Crippen molar-refractivity contribution < 1.29 is 0 Å². The lowest BCUT2D eigenvalue weighted by atomic mass is 10.0. The van der Waals surface area contributed by atoms with Gasteiger partial charge in [-0.05, 0) is 59.2 Å². The predicted molar refractivity (Wildman–Crippen MR) is 96.0 cm³/mol. The molecule has 3 rings (SSSR count). The minimum absolute atomic E-state index is 1.01. The Bertz CT molecular complexity index is 650. The van der Waals surface area contributed by atoms with Crippen molar-refractivity contribution in [1.82, 2.24) is 9.88 Å². The van der Waals surface area contributed by atoms with Gasteiger partial charge in [0.2, 0.25) is 0 Å². The Morgan fingerprint density at radius 2 is 1.95 bits per heavy atom. The van der Waals surface area contributed by atoms with Crippen molar-refractivity contribution in [1.29, 1.82) is 0 Å². The molecule has 1 aromatic heterocycles. The lowest BCUT2D eigenvalue weighted by Gasteiger charge is -2.26. The highest BCUT2D eigenvalue weighted by Crippen LogP contribution is 2.23. The van der Waals surface area contributed by atoms with E-state index in [1.807, 2.05) is 0 Å². The second-order valence-electron chi connectivity index (χ2n) is 5.46. The molecule has 0 fully saturated rings. The molecule has 0 bridgehead atoms. The van der Waals surface area contributed by atoms with Gasteiger partial charge >= 0.3 is 0 Å². The van der Waals surface area contributed by atoms with Crippen molar-refractivity contribution in [3.63, 3.8) is 0 Å². The molecule has 0 aliphatic carbocycles. The quantitative estimate of drug-likeness (QED) is 0.728. The number of nitrogens with zero attached hydrogens (tertiary/aromatic N) is 2. The van der Waals surface area contributed by atoms with Crippen molar-refractivity contribution >= 4 is 28.2 Å². The molecule has 0 saturated heterocycles. The van der Waals surface area contributed by atoms with Crippen LogP contribution in [0.2, 0.25) is 0 Å². The van der Waals surface area contributed by atoms with Crippen LogP contribution in [0.3, 0.4) is 0 Å². The zero-order chi connectivity index (χ0) is 14.7. The molecule has 0 amide bonds.